The van der Waals surface area contributed by atoms with E-state index < -0.39 is 0 Å². The molecule has 188 valence electrons. The maximum absolute atomic E-state index is 12.8. The largest absolute Gasteiger partial charge is 0.378 e. The molecule has 37 heavy (non-hydrogen) atoms. The van der Waals surface area contributed by atoms with E-state index in [-0.39, 0.29) is 17.7 Å². The third-order valence-corrected chi connectivity index (χ3v) is 7.19. The maximum atomic E-state index is 12.8. The summed E-state index contributed by atoms with van der Waals surface area (Å²) >= 11 is 0. The van der Waals surface area contributed by atoms with Gasteiger partial charge in [0.25, 0.3) is 5.91 Å². The van der Waals surface area contributed by atoms with Crippen molar-refractivity contribution in [3.63, 3.8) is 0 Å². The van der Waals surface area contributed by atoms with Crippen LogP contribution in [0.3, 0.4) is 0 Å². The molecule has 0 atom stereocenters. The second-order valence-corrected chi connectivity index (χ2v) is 9.59. The topological polar surface area (TPSA) is 88.5 Å². The van der Waals surface area contributed by atoms with Crippen LogP contribution < -0.4 is 15.5 Å². The molecule has 4 aromatic rings. The number of fused-ring (bicyclic) bond motifs is 1. The number of nitrogens with zero attached hydrogens (tertiary/aromatic N) is 3. The van der Waals surface area contributed by atoms with Gasteiger partial charge in [-0.1, -0.05) is 6.42 Å². The zero-order valence-electron chi connectivity index (χ0n) is 20.5. The van der Waals surface area contributed by atoms with Gasteiger partial charge in [0, 0.05) is 47.0 Å². The number of rotatable bonds is 6. The number of aromatic nitrogens is 2. The average molecular weight is 496 g/mol. The van der Waals surface area contributed by atoms with E-state index in [0.717, 1.165) is 73.5 Å². The Morgan fingerprint density at radius 3 is 2.24 bits per heavy atom. The first-order valence-corrected chi connectivity index (χ1v) is 12.8. The third-order valence-electron chi connectivity index (χ3n) is 7.19. The number of benzene rings is 3. The van der Waals surface area contributed by atoms with E-state index in [4.69, 9.17) is 4.74 Å². The summed E-state index contributed by atoms with van der Waals surface area (Å²) in [5.74, 6) is 0.102. The van der Waals surface area contributed by atoms with Crippen LogP contribution >= 0.6 is 0 Å². The van der Waals surface area contributed by atoms with Crippen LogP contribution in [0, 0.1) is 5.92 Å². The lowest BCUT2D eigenvalue weighted by Gasteiger charge is -2.28. The van der Waals surface area contributed by atoms with E-state index in [9.17, 15) is 9.59 Å². The van der Waals surface area contributed by atoms with E-state index in [1.54, 1.807) is 6.20 Å². The molecule has 8 heteroatoms. The number of anilines is 3. The summed E-state index contributed by atoms with van der Waals surface area (Å²) in [6, 6.07) is 21.1. The fraction of sp³-hybridized carbons (Fsp3) is 0.276. The smallest absolute Gasteiger partial charge is 0.255 e. The highest BCUT2D eigenvalue weighted by Gasteiger charge is 2.25. The second-order valence-electron chi connectivity index (χ2n) is 9.59. The molecule has 8 nitrogen and oxygen atoms in total. The normalized spacial score (nSPS) is 15.8. The van der Waals surface area contributed by atoms with Crippen LogP contribution in [0.5, 0.6) is 0 Å². The summed E-state index contributed by atoms with van der Waals surface area (Å²) in [5.41, 5.74) is 5.04. The van der Waals surface area contributed by atoms with Gasteiger partial charge in [0.15, 0.2) is 0 Å². The number of ether oxygens (including phenoxy) is 1. The lowest BCUT2D eigenvalue weighted by molar-refractivity contribution is -0.122. The summed E-state index contributed by atoms with van der Waals surface area (Å²) in [6.07, 6.45) is 4.88. The van der Waals surface area contributed by atoms with Crippen LogP contribution in [0.25, 0.3) is 16.6 Å². The van der Waals surface area contributed by atoms with E-state index in [0.29, 0.717) is 11.3 Å². The van der Waals surface area contributed by atoms with Crippen molar-refractivity contribution in [3.05, 3.63) is 78.5 Å². The molecule has 6 rings (SSSR count). The molecule has 1 aliphatic carbocycles. The van der Waals surface area contributed by atoms with E-state index in [2.05, 4.69) is 20.6 Å². The van der Waals surface area contributed by atoms with Gasteiger partial charge in [0.05, 0.1) is 30.6 Å². The molecule has 0 spiro atoms. The second kappa shape index (κ2) is 10.1. The molecule has 0 unspecified atom stereocenters. The quantitative estimate of drug-likeness (QED) is 0.399. The first-order chi connectivity index (χ1) is 18.1. The molecular weight excluding hydrogens is 466 g/mol. The fourth-order valence-corrected chi connectivity index (χ4v) is 4.77. The highest BCUT2D eigenvalue weighted by Crippen LogP contribution is 2.28. The van der Waals surface area contributed by atoms with Gasteiger partial charge in [-0.05, 0) is 79.6 Å². The van der Waals surface area contributed by atoms with Crippen LogP contribution in [0.1, 0.15) is 29.6 Å². The summed E-state index contributed by atoms with van der Waals surface area (Å²) in [5, 5.41) is 11.5. The van der Waals surface area contributed by atoms with Crippen LogP contribution in [-0.4, -0.2) is 47.9 Å². The Hall–Kier alpha value is -4.17. The number of nitrogens with one attached hydrogen (secondary N) is 2. The zero-order chi connectivity index (χ0) is 25.2. The number of hydrogen-bond acceptors (Lipinski definition) is 5. The average Bonchev–Trinajstić information content (AvgIpc) is 3.32. The monoisotopic (exact) mass is 495 g/mol. The number of carbonyl (C=O) groups excluding carboxylic acids is 2. The van der Waals surface area contributed by atoms with Crippen molar-refractivity contribution in [2.75, 3.05) is 41.8 Å². The van der Waals surface area contributed by atoms with E-state index in [1.807, 2.05) is 71.4 Å². The van der Waals surface area contributed by atoms with E-state index >= 15 is 0 Å². The standard InChI is InChI=1S/C29H29N5O3/c35-28(20-2-1-3-20)31-23-6-11-26(12-7-23)34-27-13-8-24(18-22(27)19-30-34)32-29(36)21-4-9-25(10-5-21)33-14-16-37-17-15-33/h4-13,18-20H,1-3,14-17H2,(H,31,35)(H,32,36). The van der Waals surface area contributed by atoms with Crippen LogP contribution in [-0.2, 0) is 9.53 Å². The molecule has 0 bridgehead atoms. The van der Waals surface area contributed by atoms with Gasteiger partial charge in [-0.25, -0.2) is 4.68 Å². The Bertz CT molecular complexity index is 1420. The van der Waals surface area contributed by atoms with Crippen molar-refractivity contribution in [1.82, 2.24) is 9.78 Å². The lowest BCUT2D eigenvalue weighted by Crippen LogP contribution is -2.36. The molecule has 2 amide bonds. The molecule has 2 N–H and O–H groups in total. The highest BCUT2D eigenvalue weighted by atomic mass is 16.5. The molecule has 1 saturated heterocycles. The lowest BCUT2D eigenvalue weighted by atomic mass is 9.85. The fourth-order valence-electron chi connectivity index (χ4n) is 4.77. The molecule has 1 aliphatic heterocycles. The van der Waals surface area contributed by atoms with Crippen molar-refractivity contribution < 1.29 is 14.3 Å². The van der Waals surface area contributed by atoms with Gasteiger partial charge in [-0.15, -0.1) is 0 Å². The minimum atomic E-state index is -0.153. The Labute approximate surface area is 215 Å². The minimum Gasteiger partial charge on any atom is -0.378 e. The molecule has 1 aromatic heterocycles. The Morgan fingerprint density at radius 2 is 1.54 bits per heavy atom. The predicted octanol–water partition coefficient (Wildman–Crippen LogP) is 4.85. The Balaban J connectivity index is 1.12. The van der Waals surface area contributed by atoms with Crippen molar-refractivity contribution in [3.8, 4) is 5.69 Å². The number of carbonyl (C=O) groups is 2. The summed E-state index contributed by atoms with van der Waals surface area (Å²) in [6.45, 7) is 3.18. The van der Waals surface area contributed by atoms with Crippen molar-refractivity contribution >= 4 is 39.8 Å². The van der Waals surface area contributed by atoms with Gasteiger partial charge in [0.2, 0.25) is 5.91 Å². The molecule has 2 heterocycles. The van der Waals surface area contributed by atoms with Gasteiger partial charge >= 0.3 is 0 Å². The van der Waals surface area contributed by atoms with Gasteiger partial charge < -0.3 is 20.3 Å². The van der Waals surface area contributed by atoms with Crippen LogP contribution in [0.15, 0.2) is 72.9 Å². The summed E-state index contributed by atoms with van der Waals surface area (Å²) in [4.78, 5) is 27.3. The van der Waals surface area contributed by atoms with Crippen molar-refractivity contribution in [1.29, 1.82) is 0 Å². The predicted molar refractivity (Wildman–Crippen MR) is 144 cm³/mol. The molecule has 1 saturated carbocycles. The SMILES string of the molecule is O=C(Nc1ccc2c(cnn2-c2ccc(NC(=O)C3CCC3)cc2)c1)c1ccc(N2CCOCC2)cc1. The molecular formula is C29H29N5O3. The first-order valence-electron chi connectivity index (χ1n) is 12.8. The zero-order valence-corrected chi connectivity index (χ0v) is 20.5. The van der Waals surface area contributed by atoms with Crippen LogP contribution in [0.2, 0.25) is 0 Å². The number of morpholine rings is 1. The van der Waals surface area contributed by atoms with Crippen molar-refractivity contribution in [2.24, 2.45) is 5.92 Å². The summed E-state index contributed by atoms with van der Waals surface area (Å²) < 4.78 is 7.26. The van der Waals surface area contributed by atoms with E-state index in [1.165, 1.54) is 0 Å². The molecule has 2 fully saturated rings. The Kier molecular flexibility index (Phi) is 6.32. The minimum absolute atomic E-state index is 0.103. The molecule has 0 radical (unpaired) electrons. The van der Waals surface area contributed by atoms with Gasteiger partial charge in [-0.3, -0.25) is 9.59 Å². The van der Waals surface area contributed by atoms with Gasteiger partial charge in [0.1, 0.15) is 0 Å². The number of amides is 2. The molecule has 3 aromatic carbocycles. The summed E-state index contributed by atoms with van der Waals surface area (Å²) in [7, 11) is 0. The third kappa shape index (κ3) is 4.93. The van der Waals surface area contributed by atoms with Crippen molar-refractivity contribution in [2.45, 2.75) is 19.3 Å². The number of hydrogen-bond donors (Lipinski definition) is 2. The maximum Gasteiger partial charge on any atom is 0.255 e. The molecule has 2 aliphatic rings. The van der Waals surface area contributed by atoms with Crippen LogP contribution in [0.4, 0.5) is 17.1 Å². The first kappa shape index (κ1) is 23.2. The highest BCUT2D eigenvalue weighted by molar-refractivity contribution is 6.05. The Morgan fingerprint density at radius 1 is 0.838 bits per heavy atom. The van der Waals surface area contributed by atoms with Gasteiger partial charge in [-0.2, -0.15) is 5.10 Å².